The number of nitrogens with zero attached hydrogens (tertiary/aromatic N) is 1. The van der Waals surface area contributed by atoms with Gasteiger partial charge in [0.2, 0.25) is 11.8 Å². The van der Waals surface area contributed by atoms with Crippen LogP contribution in [0, 0.1) is 6.92 Å². The number of aryl methyl sites for hydroxylation is 1. The first-order chi connectivity index (χ1) is 16.9. The zero-order chi connectivity index (χ0) is 27.5. The third kappa shape index (κ3) is 9.72. The predicted octanol–water partition coefficient (Wildman–Crippen LogP) is 3.60. The first kappa shape index (κ1) is 31.3. The van der Waals surface area contributed by atoms with Crippen LogP contribution in [0.1, 0.15) is 64.6 Å². The Labute approximate surface area is 219 Å². The zero-order valence-corrected chi connectivity index (χ0v) is 23.5. The van der Waals surface area contributed by atoms with Gasteiger partial charge in [-0.05, 0) is 70.6 Å². The minimum absolute atomic E-state index is 0.327. The molecular formula is C26H41N3O6S. The van der Waals surface area contributed by atoms with Gasteiger partial charge in [0.05, 0.1) is 7.11 Å². The molecule has 10 heteroatoms. The van der Waals surface area contributed by atoms with Crippen LogP contribution in [-0.4, -0.2) is 72.1 Å². The molecule has 2 N–H and O–H groups in total. The molecule has 1 aromatic carbocycles. The summed E-state index contributed by atoms with van der Waals surface area (Å²) in [5.41, 5.74) is 0.720. The van der Waals surface area contributed by atoms with E-state index in [2.05, 4.69) is 15.4 Å². The van der Waals surface area contributed by atoms with E-state index >= 15 is 0 Å². The van der Waals surface area contributed by atoms with Crippen LogP contribution in [0.15, 0.2) is 24.3 Å². The van der Waals surface area contributed by atoms with E-state index in [0.29, 0.717) is 24.2 Å². The van der Waals surface area contributed by atoms with E-state index in [1.807, 2.05) is 39.2 Å². The second kappa shape index (κ2) is 14.7. The number of carbonyl (C=O) groups is 4. The van der Waals surface area contributed by atoms with Gasteiger partial charge in [0.1, 0.15) is 24.2 Å². The first-order valence-electron chi connectivity index (χ1n) is 12.1. The van der Waals surface area contributed by atoms with Crippen LogP contribution >= 0.6 is 11.8 Å². The van der Waals surface area contributed by atoms with Gasteiger partial charge < -0.3 is 25.0 Å². The Bertz CT molecular complexity index is 902. The number of hydrogen-bond donors (Lipinski definition) is 2. The summed E-state index contributed by atoms with van der Waals surface area (Å²) in [6, 6.07) is 5.03. The molecule has 202 valence electrons. The second-order valence-electron chi connectivity index (χ2n) is 9.54. The van der Waals surface area contributed by atoms with Gasteiger partial charge in [-0.1, -0.05) is 31.2 Å². The molecule has 3 atom stereocenters. The molecule has 3 unspecified atom stereocenters. The van der Waals surface area contributed by atoms with E-state index in [1.54, 1.807) is 44.7 Å². The maximum Gasteiger partial charge on any atom is 0.408 e. The van der Waals surface area contributed by atoms with Crippen molar-refractivity contribution in [1.29, 1.82) is 0 Å². The molecule has 36 heavy (non-hydrogen) atoms. The number of benzene rings is 1. The fourth-order valence-electron chi connectivity index (χ4n) is 3.56. The number of ether oxygens (including phenoxy) is 2. The Morgan fingerprint density at radius 1 is 1.14 bits per heavy atom. The van der Waals surface area contributed by atoms with Gasteiger partial charge in [-0.3, -0.25) is 14.4 Å². The van der Waals surface area contributed by atoms with E-state index in [0.717, 1.165) is 5.56 Å². The van der Waals surface area contributed by atoms with Crippen LogP contribution in [-0.2, 0) is 23.9 Å². The quantitative estimate of drug-likeness (QED) is 0.402. The Morgan fingerprint density at radius 2 is 1.78 bits per heavy atom. The van der Waals surface area contributed by atoms with E-state index in [4.69, 9.17) is 4.74 Å². The summed E-state index contributed by atoms with van der Waals surface area (Å²) in [6.45, 7) is 10.6. The lowest BCUT2D eigenvalue weighted by Gasteiger charge is -2.38. The number of methoxy groups -OCH3 is 1. The van der Waals surface area contributed by atoms with Crippen molar-refractivity contribution in [3.8, 4) is 0 Å². The van der Waals surface area contributed by atoms with E-state index < -0.39 is 41.6 Å². The highest BCUT2D eigenvalue weighted by molar-refractivity contribution is 7.98. The van der Waals surface area contributed by atoms with Crippen molar-refractivity contribution in [2.75, 3.05) is 25.7 Å². The molecule has 0 aliphatic carbocycles. The van der Waals surface area contributed by atoms with Crippen molar-refractivity contribution < 1.29 is 28.7 Å². The number of thioether (sulfide) groups is 1. The van der Waals surface area contributed by atoms with Gasteiger partial charge >= 0.3 is 12.1 Å². The number of rotatable bonds is 12. The highest BCUT2D eigenvalue weighted by Gasteiger charge is 2.39. The molecule has 1 aromatic rings. The van der Waals surface area contributed by atoms with E-state index in [-0.39, 0.29) is 12.6 Å². The lowest BCUT2D eigenvalue weighted by molar-refractivity contribution is -0.146. The van der Waals surface area contributed by atoms with Crippen LogP contribution in [0.5, 0.6) is 0 Å². The lowest BCUT2D eigenvalue weighted by Crippen LogP contribution is -2.56. The fraction of sp³-hybridized carbons (Fsp3) is 0.615. The summed E-state index contributed by atoms with van der Waals surface area (Å²) in [6.07, 6.45) is 2.14. The molecule has 0 heterocycles. The van der Waals surface area contributed by atoms with E-state index in [9.17, 15) is 19.2 Å². The molecule has 0 aliphatic rings. The normalized spacial score (nSPS) is 13.7. The van der Waals surface area contributed by atoms with Crippen molar-refractivity contribution in [3.05, 3.63) is 35.4 Å². The summed E-state index contributed by atoms with van der Waals surface area (Å²) in [5, 5.41) is 5.32. The molecule has 3 amide bonds. The topological polar surface area (TPSA) is 114 Å². The molecule has 1 rings (SSSR count). The van der Waals surface area contributed by atoms with Crippen molar-refractivity contribution in [1.82, 2.24) is 15.5 Å². The number of alkyl carbamates (subject to hydrolysis) is 1. The summed E-state index contributed by atoms with van der Waals surface area (Å²) < 4.78 is 10.1. The Hall–Kier alpha value is -2.75. The van der Waals surface area contributed by atoms with Crippen molar-refractivity contribution in [2.45, 2.75) is 78.1 Å². The van der Waals surface area contributed by atoms with E-state index in [1.165, 1.54) is 12.0 Å². The van der Waals surface area contributed by atoms with Gasteiger partial charge in [-0.2, -0.15) is 11.8 Å². The van der Waals surface area contributed by atoms with Crippen molar-refractivity contribution in [3.63, 3.8) is 0 Å². The highest BCUT2D eigenvalue weighted by Crippen LogP contribution is 2.29. The zero-order valence-electron chi connectivity index (χ0n) is 22.7. The average Bonchev–Trinajstić information content (AvgIpc) is 2.81. The number of carbonyl (C=O) groups excluding carboxylic acids is 4. The largest absolute Gasteiger partial charge is 0.468 e. The van der Waals surface area contributed by atoms with Crippen LogP contribution in [0.25, 0.3) is 0 Å². The molecule has 0 spiro atoms. The third-order valence-electron chi connectivity index (χ3n) is 5.56. The average molecular weight is 524 g/mol. The molecule has 0 saturated heterocycles. The standard InChI is InChI=1S/C26H41N3O6S/c1-9-18(3)29(24(32)20(14-15-36-8)28-25(33)35-26(4,5)6)22(19-13-11-10-12-17(19)2)23(31)27-16-21(30)34-7/h10-13,18,20,22H,9,14-16H2,1-8H3,(H,27,31)(H,28,33). The highest BCUT2D eigenvalue weighted by atomic mass is 32.2. The molecule has 0 saturated carbocycles. The Kier molecular flexibility index (Phi) is 12.8. The molecule has 0 aliphatic heterocycles. The van der Waals surface area contributed by atoms with Gasteiger partial charge in [-0.25, -0.2) is 4.79 Å². The van der Waals surface area contributed by atoms with Crippen molar-refractivity contribution in [2.24, 2.45) is 0 Å². The fourth-order valence-corrected chi connectivity index (χ4v) is 4.03. The minimum Gasteiger partial charge on any atom is -0.468 e. The van der Waals surface area contributed by atoms with Gasteiger partial charge in [-0.15, -0.1) is 0 Å². The van der Waals surface area contributed by atoms with Gasteiger partial charge in [0, 0.05) is 6.04 Å². The predicted molar refractivity (Wildman–Crippen MR) is 142 cm³/mol. The third-order valence-corrected chi connectivity index (χ3v) is 6.21. The molecule has 0 bridgehead atoms. The molecule has 0 aromatic heterocycles. The summed E-state index contributed by atoms with van der Waals surface area (Å²) >= 11 is 1.55. The van der Waals surface area contributed by atoms with Gasteiger partial charge in [0.15, 0.2) is 0 Å². The summed E-state index contributed by atoms with van der Waals surface area (Å²) in [7, 11) is 1.24. The SMILES string of the molecule is CCC(C)N(C(=O)C(CCSC)NC(=O)OC(C)(C)C)C(C(=O)NCC(=O)OC)c1ccccc1C. The second-order valence-corrected chi connectivity index (χ2v) is 10.5. The Morgan fingerprint density at radius 3 is 2.31 bits per heavy atom. The smallest absolute Gasteiger partial charge is 0.408 e. The molecular weight excluding hydrogens is 482 g/mol. The van der Waals surface area contributed by atoms with Crippen LogP contribution < -0.4 is 10.6 Å². The summed E-state index contributed by atoms with van der Waals surface area (Å²) in [4.78, 5) is 53.4. The monoisotopic (exact) mass is 523 g/mol. The molecule has 9 nitrogen and oxygen atoms in total. The van der Waals surface area contributed by atoms with Crippen LogP contribution in [0.3, 0.4) is 0 Å². The maximum atomic E-state index is 14.1. The minimum atomic E-state index is -1.02. The lowest BCUT2D eigenvalue weighted by atomic mass is 9.96. The number of hydrogen-bond acceptors (Lipinski definition) is 7. The summed E-state index contributed by atoms with van der Waals surface area (Å²) in [5.74, 6) is -0.892. The van der Waals surface area contributed by atoms with Gasteiger partial charge in [0.25, 0.3) is 0 Å². The Balaban J connectivity index is 3.50. The van der Waals surface area contributed by atoms with Crippen molar-refractivity contribution >= 4 is 35.6 Å². The number of nitrogens with one attached hydrogen (secondary N) is 2. The number of amides is 3. The molecule has 0 fully saturated rings. The maximum absolute atomic E-state index is 14.1. The number of esters is 1. The molecule has 0 radical (unpaired) electrons. The first-order valence-corrected chi connectivity index (χ1v) is 13.5. The van der Waals surface area contributed by atoms with Crippen LogP contribution in [0.2, 0.25) is 0 Å². The van der Waals surface area contributed by atoms with Crippen LogP contribution in [0.4, 0.5) is 4.79 Å².